The van der Waals surface area contributed by atoms with Crippen LogP contribution < -0.4 is 9.47 Å². The van der Waals surface area contributed by atoms with Crippen LogP contribution in [-0.4, -0.2) is 80.3 Å². The number of Topliss-reactive ketones (excluding diaryl/α,β-unsaturated/α-hetero) is 2. The van der Waals surface area contributed by atoms with Gasteiger partial charge < -0.3 is 28.4 Å². The second-order valence-electron chi connectivity index (χ2n) is 17.8. The van der Waals surface area contributed by atoms with Gasteiger partial charge in [0.15, 0.2) is 19.7 Å². The van der Waals surface area contributed by atoms with Gasteiger partial charge in [-0.15, -0.1) is 0 Å². The highest BCUT2D eigenvalue weighted by Gasteiger charge is 2.69. The summed E-state index contributed by atoms with van der Waals surface area (Å²) in [4.78, 5) is 35.3. The first-order valence-electron chi connectivity index (χ1n) is 19.8. The molecule has 58 heavy (non-hydrogen) atoms. The third kappa shape index (κ3) is 7.16. The molecule has 3 aromatic carbocycles. The minimum Gasteiger partial charge on any atom is -0.507 e. The molecular weight excluding hydrogens is 821 g/mol. The molecule has 4 aromatic rings. The molecule has 1 N–H and O–H groups in total. The lowest BCUT2D eigenvalue weighted by atomic mass is 9.57. The van der Waals surface area contributed by atoms with E-state index in [1.54, 1.807) is 0 Å². The molecule has 0 radical (unpaired) electrons. The van der Waals surface area contributed by atoms with Crippen molar-refractivity contribution < 1.29 is 37.5 Å². The van der Waals surface area contributed by atoms with Gasteiger partial charge in [0.25, 0.3) is 5.88 Å². The van der Waals surface area contributed by atoms with Crippen LogP contribution in [0.15, 0.2) is 75.2 Å². The highest BCUT2D eigenvalue weighted by atomic mass is 79.9. The molecule has 0 saturated heterocycles. The zero-order chi connectivity index (χ0) is 41.9. The molecule has 0 amide bonds. The van der Waals surface area contributed by atoms with Crippen LogP contribution in [0.2, 0.25) is 18.1 Å². The lowest BCUT2D eigenvalue weighted by Gasteiger charge is -2.55. The van der Waals surface area contributed by atoms with Crippen LogP contribution in [0.3, 0.4) is 0 Å². The van der Waals surface area contributed by atoms with E-state index in [0.717, 1.165) is 11.1 Å². The monoisotopic (exact) mass is 873 g/mol. The van der Waals surface area contributed by atoms with Crippen LogP contribution in [0.4, 0.5) is 4.39 Å². The van der Waals surface area contributed by atoms with Crippen LogP contribution >= 0.6 is 15.9 Å². The number of hydrogen-bond acceptors (Lipinski definition) is 10. The maximum atomic E-state index is 17.0. The second kappa shape index (κ2) is 15.8. The van der Waals surface area contributed by atoms with E-state index >= 15 is 14.0 Å². The van der Waals surface area contributed by atoms with Gasteiger partial charge in [0.05, 0.1) is 16.1 Å². The van der Waals surface area contributed by atoms with Gasteiger partial charge in [-0.3, -0.25) is 14.5 Å². The Hall–Kier alpha value is -4.14. The summed E-state index contributed by atoms with van der Waals surface area (Å²) in [6.07, 6.45) is 0.699. The normalized spacial score (nSPS) is 21.8. The Morgan fingerprint density at radius 2 is 1.55 bits per heavy atom. The fourth-order valence-electron chi connectivity index (χ4n) is 8.48. The number of rotatable bonds is 12. The minimum atomic E-state index is -2.95. The minimum absolute atomic E-state index is 0.0256. The number of carbonyl (C=O) groups is 2. The number of aliphatic hydroxyl groups excluding tert-OH is 1. The smallest absolute Gasteiger partial charge is 0.265 e. The summed E-state index contributed by atoms with van der Waals surface area (Å²) in [6, 6.07) is 18.4. The van der Waals surface area contributed by atoms with Gasteiger partial charge in [-0.1, -0.05) is 81.4 Å². The Labute approximate surface area is 349 Å². The summed E-state index contributed by atoms with van der Waals surface area (Å²) in [5.41, 5.74) is 0.563. The molecule has 10 nitrogen and oxygen atoms in total. The SMILES string of the molecule is CN(C)CCc1c(F)c2c(c(OCc3ccccc3)c1Br)C(O)=C1C(=O)[C@]3(O[Si](C)(C)C(C)(C)C)C(=O)c4c(OCc5ccccc5)noc4[C@@H](N(C)C)[C@@H]3C[C@@H]1C2. The quantitative estimate of drug-likeness (QED) is 0.109. The van der Waals surface area contributed by atoms with Crippen LogP contribution in [0.5, 0.6) is 11.6 Å². The number of ether oxygens (including phenoxy) is 2. The molecule has 1 heterocycles. The summed E-state index contributed by atoms with van der Waals surface area (Å²) < 4.78 is 43.3. The second-order valence-corrected chi connectivity index (χ2v) is 23.3. The first-order valence-corrected chi connectivity index (χ1v) is 23.5. The summed E-state index contributed by atoms with van der Waals surface area (Å²) in [5.74, 6) is -3.02. The molecule has 0 aliphatic heterocycles. The van der Waals surface area contributed by atoms with E-state index < -0.39 is 60.0 Å². The molecular formula is C45H53BrFN3O7Si. The largest absolute Gasteiger partial charge is 0.507 e. The maximum absolute atomic E-state index is 17.0. The summed E-state index contributed by atoms with van der Waals surface area (Å²) in [5, 5.41) is 16.4. The van der Waals surface area contributed by atoms with E-state index in [2.05, 4.69) is 41.9 Å². The molecule has 308 valence electrons. The van der Waals surface area contributed by atoms with E-state index in [-0.39, 0.29) is 65.7 Å². The predicted octanol–water partition coefficient (Wildman–Crippen LogP) is 9.13. The Balaban J connectivity index is 1.43. The molecule has 0 bridgehead atoms. The number of aromatic nitrogens is 1. The van der Waals surface area contributed by atoms with Gasteiger partial charge in [0.1, 0.15) is 36.1 Å². The number of benzene rings is 3. The van der Waals surface area contributed by atoms with Gasteiger partial charge in [-0.25, -0.2) is 4.39 Å². The van der Waals surface area contributed by atoms with Gasteiger partial charge in [0.2, 0.25) is 11.6 Å². The summed E-state index contributed by atoms with van der Waals surface area (Å²) >= 11 is 3.67. The fourth-order valence-corrected chi connectivity index (χ4v) is 10.6. The highest BCUT2D eigenvalue weighted by molar-refractivity contribution is 9.10. The summed E-state index contributed by atoms with van der Waals surface area (Å²) in [7, 11) is 4.62. The number of ketones is 2. The number of aliphatic hydroxyl groups is 1. The molecule has 0 unspecified atom stereocenters. The lowest BCUT2D eigenvalue weighted by Crippen LogP contribution is -2.68. The number of fused-ring (bicyclic) bond motifs is 4. The molecule has 7 rings (SSSR count). The Morgan fingerprint density at radius 3 is 2.12 bits per heavy atom. The molecule has 3 aliphatic rings. The Bertz CT molecular complexity index is 2250. The van der Waals surface area contributed by atoms with Crippen LogP contribution in [0.25, 0.3) is 5.76 Å². The van der Waals surface area contributed by atoms with Crippen LogP contribution in [0, 0.1) is 17.7 Å². The van der Waals surface area contributed by atoms with E-state index in [9.17, 15) is 5.11 Å². The third-order valence-electron chi connectivity index (χ3n) is 12.4. The van der Waals surface area contributed by atoms with Crippen molar-refractivity contribution in [3.8, 4) is 11.6 Å². The Morgan fingerprint density at radius 1 is 0.948 bits per heavy atom. The standard InChI is InChI=1S/C45H53BrFN3O7Si/c1-44(2,3)58(8,9)57-45-31(37(50(6)7)40-34(42(45)53)43(48-56-40)55-25-27-18-14-11-15-19-27)23-28-22-30-33(38(51)32(28)41(45)52)39(54-24-26-16-12-10-13-17-26)35(46)29(36(30)47)20-21-49(4)5/h10-19,28,31,37,51H,20-25H2,1-9H3/t28-,31-,37-,45-/m0/s1. The first kappa shape index (κ1) is 42.0. The van der Waals surface area contributed by atoms with Crippen molar-refractivity contribution in [1.29, 1.82) is 0 Å². The van der Waals surface area contributed by atoms with Gasteiger partial charge in [-0.05, 0) is 104 Å². The molecule has 1 fully saturated rings. The molecule has 1 aromatic heterocycles. The zero-order valence-corrected chi connectivity index (χ0v) is 37.3. The van der Waals surface area contributed by atoms with E-state index in [1.807, 2.05) is 112 Å². The van der Waals surface area contributed by atoms with Crippen molar-refractivity contribution in [3.63, 3.8) is 0 Å². The number of hydrogen-bond donors (Lipinski definition) is 1. The number of carbonyl (C=O) groups excluding carboxylic acids is 2. The first-order chi connectivity index (χ1) is 27.4. The molecule has 4 atom stereocenters. The predicted molar refractivity (Wildman–Crippen MR) is 226 cm³/mol. The van der Waals surface area contributed by atoms with E-state index in [0.29, 0.717) is 23.0 Å². The van der Waals surface area contributed by atoms with E-state index in [1.165, 1.54) is 0 Å². The Kier molecular flexibility index (Phi) is 11.4. The van der Waals surface area contributed by atoms with Crippen molar-refractivity contribution in [2.75, 3.05) is 34.7 Å². The van der Waals surface area contributed by atoms with Gasteiger partial charge in [0, 0.05) is 29.2 Å². The zero-order valence-electron chi connectivity index (χ0n) is 34.7. The molecule has 0 spiro atoms. The fraction of sp³-hybridized carbons (Fsp3) is 0.444. The van der Waals surface area contributed by atoms with Gasteiger partial charge in [-0.2, -0.15) is 0 Å². The van der Waals surface area contributed by atoms with E-state index in [4.69, 9.17) is 18.4 Å². The summed E-state index contributed by atoms with van der Waals surface area (Å²) in [6.45, 7) is 11.0. The molecule has 1 saturated carbocycles. The van der Waals surface area contributed by atoms with Crippen molar-refractivity contribution in [3.05, 3.63) is 116 Å². The maximum Gasteiger partial charge on any atom is 0.265 e. The third-order valence-corrected chi connectivity index (χ3v) is 17.7. The van der Waals surface area contributed by atoms with Crippen molar-refractivity contribution in [2.45, 2.75) is 83.0 Å². The van der Waals surface area contributed by atoms with Crippen molar-refractivity contribution in [1.82, 2.24) is 15.0 Å². The molecule has 3 aliphatic carbocycles. The number of nitrogens with zero attached hydrogens (tertiary/aromatic N) is 3. The van der Waals surface area contributed by atoms with Crippen molar-refractivity contribution >= 4 is 41.6 Å². The van der Waals surface area contributed by atoms with Gasteiger partial charge >= 0.3 is 0 Å². The average Bonchev–Trinajstić information content (AvgIpc) is 3.58. The topological polar surface area (TPSA) is 115 Å². The average molecular weight is 875 g/mol. The lowest BCUT2D eigenvalue weighted by molar-refractivity contribution is -0.140. The van der Waals surface area contributed by atoms with Crippen LogP contribution in [0.1, 0.15) is 77.2 Å². The highest BCUT2D eigenvalue weighted by Crippen LogP contribution is 2.59. The van der Waals surface area contributed by atoms with Crippen molar-refractivity contribution in [2.24, 2.45) is 11.8 Å². The number of likely N-dealkylation sites (N-methyl/N-ethyl adjacent to an activating group) is 1. The number of halogens is 2. The molecule has 13 heteroatoms. The van der Waals surface area contributed by atoms with Crippen LogP contribution in [-0.2, 0) is 35.3 Å².